The van der Waals surface area contributed by atoms with Gasteiger partial charge in [-0.2, -0.15) is 0 Å². The van der Waals surface area contributed by atoms with Crippen LogP contribution in [0.5, 0.6) is 5.75 Å². The second-order valence-electron chi connectivity index (χ2n) is 7.40. The van der Waals surface area contributed by atoms with E-state index in [0.29, 0.717) is 23.1 Å². The highest BCUT2D eigenvalue weighted by atomic mass is 19.1. The minimum atomic E-state index is -0.470. The van der Waals surface area contributed by atoms with Gasteiger partial charge in [-0.1, -0.05) is 12.1 Å². The molecule has 150 valence electrons. The lowest BCUT2D eigenvalue weighted by molar-refractivity contribution is -0.121. The van der Waals surface area contributed by atoms with Crippen molar-refractivity contribution in [2.45, 2.75) is 25.8 Å². The number of benzene rings is 2. The number of amides is 3. The Labute approximate surface area is 170 Å². The minimum Gasteiger partial charge on any atom is -0.505 e. The molecule has 0 unspecified atom stereocenters. The summed E-state index contributed by atoms with van der Waals surface area (Å²) in [5, 5.41) is 13.8. The first-order chi connectivity index (χ1) is 14.4. The van der Waals surface area contributed by atoms with Crippen molar-refractivity contribution in [3.63, 3.8) is 0 Å². The number of carbonyl (C=O) groups is 3. The van der Waals surface area contributed by atoms with Gasteiger partial charge >= 0.3 is 0 Å². The Morgan fingerprint density at radius 2 is 1.77 bits per heavy atom. The molecule has 0 bridgehead atoms. The van der Waals surface area contributed by atoms with Crippen LogP contribution in [-0.2, 0) is 22.6 Å². The molecule has 2 aliphatic heterocycles. The van der Waals surface area contributed by atoms with Crippen LogP contribution in [0.15, 0.2) is 36.5 Å². The average molecular weight is 405 g/mol. The molecule has 0 radical (unpaired) electrons. The van der Waals surface area contributed by atoms with Gasteiger partial charge in [-0.05, 0) is 35.7 Å². The van der Waals surface area contributed by atoms with Crippen LogP contribution in [0, 0.1) is 5.82 Å². The van der Waals surface area contributed by atoms with E-state index >= 15 is 0 Å². The first-order valence-electron chi connectivity index (χ1n) is 9.49. The topological polar surface area (TPSA) is 99.6 Å². The van der Waals surface area contributed by atoms with Gasteiger partial charge in [0.2, 0.25) is 11.8 Å². The molecule has 5 rings (SSSR count). The number of phenols is 1. The molecule has 0 aliphatic carbocycles. The van der Waals surface area contributed by atoms with E-state index in [9.17, 15) is 23.9 Å². The molecule has 1 fully saturated rings. The molecule has 2 N–H and O–H groups in total. The normalized spacial score (nSPS) is 15.8. The zero-order valence-electron chi connectivity index (χ0n) is 15.7. The molecule has 1 aromatic heterocycles. The van der Waals surface area contributed by atoms with Crippen molar-refractivity contribution in [3.8, 4) is 5.75 Å². The number of nitrogens with zero attached hydrogens (tertiary/aromatic N) is 2. The quantitative estimate of drug-likeness (QED) is 0.653. The number of fused-ring (bicyclic) bond motifs is 2. The van der Waals surface area contributed by atoms with Gasteiger partial charge in [-0.3, -0.25) is 19.4 Å². The number of carbonyl (C=O) groups excluding carboxylic acids is 3. The Bertz CT molecular complexity index is 1240. The van der Waals surface area contributed by atoms with Gasteiger partial charge in [0.25, 0.3) is 5.91 Å². The average Bonchev–Trinajstić information content (AvgIpc) is 3.27. The van der Waals surface area contributed by atoms with E-state index in [0.717, 1.165) is 16.0 Å². The van der Waals surface area contributed by atoms with Gasteiger partial charge in [0, 0.05) is 36.5 Å². The summed E-state index contributed by atoms with van der Waals surface area (Å²) in [6.07, 6.45) is 2.20. The number of phenolic OH excluding ortho intramolecular Hbond substituents is 1. The number of pyridine rings is 1. The van der Waals surface area contributed by atoms with E-state index in [1.165, 1.54) is 12.1 Å². The molecule has 2 aliphatic rings. The molecule has 0 saturated carbocycles. The maximum atomic E-state index is 13.2. The van der Waals surface area contributed by atoms with Gasteiger partial charge in [-0.15, -0.1) is 0 Å². The predicted molar refractivity (Wildman–Crippen MR) is 106 cm³/mol. The van der Waals surface area contributed by atoms with Crippen LogP contribution in [0.1, 0.15) is 39.9 Å². The van der Waals surface area contributed by atoms with E-state index in [4.69, 9.17) is 0 Å². The first-order valence-corrected chi connectivity index (χ1v) is 9.49. The fourth-order valence-electron chi connectivity index (χ4n) is 4.11. The summed E-state index contributed by atoms with van der Waals surface area (Å²) >= 11 is 0. The van der Waals surface area contributed by atoms with Crippen molar-refractivity contribution in [3.05, 3.63) is 64.6 Å². The second-order valence-corrected chi connectivity index (χ2v) is 7.40. The lowest BCUT2D eigenvalue weighted by atomic mass is 9.97. The molecule has 3 aromatic rings. The van der Waals surface area contributed by atoms with Crippen molar-refractivity contribution in [2.24, 2.45) is 0 Å². The second kappa shape index (κ2) is 6.62. The molecular weight excluding hydrogens is 389 g/mol. The van der Waals surface area contributed by atoms with Crippen LogP contribution in [0.25, 0.3) is 10.9 Å². The Kier molecular flexibility index (Phi) is 4.02. The van der Waals surface area contributed by atoms with Gasteiger partial charge in [0.1, 0.15) is 11.3 Å². The molecule has 30 heavy (non-hydrogen) atoms. The van der Waals surface area contributed by atoms with E-state index < -0.39 is 5.91 Å². The number of rotatable bonds is 3. The number of aromatic nitrogens is 1. The number of hydrogen-bond acceptors (Lipinski definition) is 5. The van der Waals surface area contributed by atoms with Crippen LogP contribution in [0.3, 0.4) is 0 Å². The Morgan fingerprint density at radius 3 is 2.47 bits per heavy atom. The minimum absolute atomic E-state index is 0.0452. The number of anilines is 1. The van der Waals surface area contributed by atoms with Crippen molar-refractivity contribution in [1.29, 1.82) is 0 Å². The molecular formula is C22H16FN3O4. The number of aromatic hydroxyl groups is 1. The highest BCUT2D eigenvalue weighted by Crippen LogP contribution is 2.43. The number of halogens is 1. The summed E-state index contributed by atoms with van der Waals surface area (Å²) in [6, 6.07) is 7.82. The lowest BCUT2D eigenvalue weighted by Gasteiger charge is -2.21. The van der Waals surface area contributed by atoms with Gasteiger partial charge in [0.05, 0.1) is 11.3 Å². The number of imide groups is 1. The standard InChI is InChI=1S/C22H16FN3O4/c23-13-3-1-11(2-4-13)7-12-8-14-19(24-9-12)21(29)18-15(10-25-22(18)30)20(14)26-16(27)5-6-17(26)28/h1-4,8-9,29H,5-7,10H2,(H,25,30). The lowest BCUT2D eigenvalue weighted by Crippen LogP contribution is -2.30. The molecule has 3 amide bonds. The summed E-state index contributed by atoms with van der Waals surface area (Å²) in [5.41, 5.74) is 2.52. The van der Waals surface area contributed by atoms with E-state index in [1.807, 2.05) is 0 Å². The van der Waals surface area contributed by atoms with Crippen molar-refractivity contribution in [2.75, 3.05) is 4.90 Å². The molecule has 3 heterocycles. The van der Waals surface area contributed by atoms with Crippen molar-refractivity contribution in [1.82, 2.24) is 10.3 Å². The maximum Gasteiger partial charge on any atom is 0.255 e. The highest BCUT2D eigenvalue weighted by molar-refractivity contribution is 6.25. The zero-order valence-corrected chi connectivity index (χ0v) is 15.7. The fraction of sp³-hybridized carbons (Fsp3) is 0.182. The summed E-state index contributed by atoms with van der Waals surface area (Å²) in [6.45, 7) is 0.103. The van der Waals surface area contributed by atoms with Crippen LogP contribution < -0.4 is 10.2 Å². The van der Waals surface area contributed by atoms with Crippen LogP contribution in [0.4, 0.5) is 10.1 Å². The van der Waals surface area contributed by atoms with Gasteiger partial charge in [-0.25, -0.2) is 9.29 Å². The molecule has 1 saturated heterocycles. The van der Waals surface area contributed by atoms with Crippen molar-refractivity contribution < 1.29 is 23.9 Å². The third-order valence-electron chi connectivity index (χ3n) is 5.50. The number of hydrogen-bond donors (Lipinski definition) is 2. The molecule has 0 atom stereocenters. The summed E-state index contributed by atoms with van der Waals surface area (Å²) in [7, 11) is 0. The van der Waals surface area contributed by atoms with E-state index in [1.54, 1.807) is 24.4 Å². The predicted octanol–water partition coefficient (Wildman–Crippen LogP) is 2.57. The summed E-state index contributed by atoms with van der Waals surface area (Å²) < 4.78 is 13.2. The summed E-state index contributed by atoms with van der Waals surface area (Å²) in [5.74, 6) is -1.77. The van der Waals surface area contributed by atoms with Crippen LogP contribution in [-0.4, -0.2) is 27.8 Å². The van der Waals surface area contributed by atoms with Crippen LogP contribution >= 0.6 is 0 Å². The Balaban J connectivity index is 1.73. The SMILES string of the molecule is O=C1NCc2c1c(O)c1ncc(Cc3ccc(F)cc3)cc1c2N1C(=O)CCC1=O. The smallest absolute Gasteiger partial charge is 0.255 e. The molecule has 7 nitrogen and oxygen atoms in total. The van der Waals surface area contributed by atoms with Gasteiger partial charge in [0.15, 0.2) is 5.75 Å². The first kappa shape index (κ1) is 18.2. The van der Waals surface area contributed by atoms with Crippen molar-refractivity contribution >= 4 is 34.3 Å². The third-order valence-corrected chi connectivity index (χ3v) is 5.50. The monoisotopic (exact) mass is 405 g/mol. The third kappa shape index (κ3) is 2.72. The van der Waals surface area contributed by atoms with E-state index in [-0.39, 0.29) is 53.8 Å². The Hall–Kier alpha value is -3.81. The van der Waals surface area contributed by atoms with Crippen LogP contribution in [0.2, 0.25) is 0 Å². The fourth-order valence-corrected chi connectivity index (χ4v) is 4.11. The Morgan fingerprint density at radius 1 is 1.07 bits per heavy atom. The van der Waals surface area contributed by atoms with E-state index in [2.05, 4.69) is 10.3 Å². The largest absolute Gasteiger partial charge is 0.505 e. The van der Waals surface area contributed by atoms with Gasteiger partial charge < -0.3 is 10.4 Å². The number of nitrogens with one attached hydrogen (secondary N) is 1. The zero-order chi connectivity index (χ0) is 21.0. The summed E-state index contributed by atoms with van der Waals surface area (Å²) in [4.78, 5) is 42.7. The maximum absolute atomic E-state index is 13.2. The molecule has 0 spiro atoms. The highest BCUT2D eigenvalue weighted by Gasteiger charge is 2.38. The molecule has 8 heteroatoms. The molecule has 2 aromatic carbocycles.